The van der Waals surface area contributed by atoms with Gasteiger partial charge in [0, 0.05) is 49.3 Å². The van der Waals surface area contributed by atoms with Crippen LogP contribution < -0.4 is 4.90 Å². The van der Waals surface area contributed by atoms with Crippen LogP contribution in [-0.2, 0) is 24.0 Å². The largest absolute Gasteiger partial charge is 0.480 e. The van der Waals surface area contributed by atoms with Crippen LogP contribution in [0.25, 0.3) is 22.4 Å². The number of rotatable bonds is 5. The first kappa shape index (κ1) is 20.8. The highest BCUT2D eigenvalue weighted by atomic mass is 32.2. The molecule has 3 aromatic rings. The zero-order valence-corrected chi connectivity index (χ0v) is 18.6. The molecule has 0 radical (unpaired) electrons. The topological polar surface area (TPSA) is 134 Å². The lowest BCUT2D eigenvalue weighted by molar-refractivity contribution is -0.141. The molecule has 1 saturated heterocycles. The van der Waals surface area contributed by atoms with Crippen molar-refractivity contribution in [3.63, 3.8) is 0 Å². The number of aromatic nitrogens is 4. The number of anilines is 1. The van der Waals surface area contributed by atoms with Crippen LogP contribution in [-0.4, -0.2) is 74.3 Å². The second-order valence-corrected chi connectivity index (χ2v) is 10.9. The van der Waals surface area contributed by atoms with Gasteiger partial charge in [-0.15, -0.1) is 0 Å². The number of fused-ring (bicyclic) bond motifs is 1. The Labute approximate surface area is 185 Å². The van der Waals surface area contributed by atoms with Crippen molar-refractivity contribution in [2.24, 2.45) is 4.36 Å². The third-order valence-electron chi connectivity index (χ3n) is 6.37. The molecule has 10 nitrogen and oxygen atoms in total. The number of ether oxygens (including phenoxy) is 1. The first-order valence-electron chi connectivity index (χ1n) is 10.4. The maximum Gasteiger partial charge on any atom is 0.328 e. The molecule has 2 unspecified atom stereocenters. The van der Waals surface area contributed by atoms with Gasteiger partial charge < -0.3 is 19.7 Å². The van der Waals surface area contributed by atoms with E-state index in [2.05, 4.69) is 14.3 Å². The highest BCUT2D eigenvalue weighted by Crippen LogP contribution is 2.53. The first-order chi connectivity index (χ1) is 15.4. The van der Waals surface area contributed by atoms with Crippen LogP contribution in [0.15, 0.2) is 35.0 Å². The second kappa shape index (κ2) is 7.52. The summed E-state index contributed by atoms with van der Waals surface area (Å²) in [5.74, 6) is -0.0520. The molecular weight excluding hydrogens is 432 g/mol. The van der Waals surface area contributed by atoms with E-state index in [1.807, 2.05) is 12.1 Å². The normalized spacial score (nSPS) is 21.8. The van der Waals surface area contributed by atoms with E-state index in [0.717, 1.165) is 10.9 Å². The molecule has 2 fully saturated rings. The molecule has 2 aliphatic rings. The van der Waals surface area contributed by atoms with Gasteiger partial charge in [0.25, 0.3) is 0 Å². The van der Waals surface area contributed by atoms with Crippen molar-refractivity contribution in [2.45, 2.75) is 23.6 Å². The molecule has 0 aromatic carbocycles. The van der Waals surface area contributed by atoms with Gasteiger partial charge >= 0.3 is 5.97 Å². The number of H-pyrrole nitrogens is 1. The Morgan fingerprint density at radius 2 is 2.19 bits per heavy atom. The highest BCUT2D eigenvalue weighted by Gasteiger charge is 2.53. The lowest BCUT2D eigenvalue weighted by Gasteiger charge is -2.34. The molecule has 168 valence electrons. The van der Waals surface area contributed by atoms with Gasteiger partial charge in [0.05, 0.1) is 33.4 Å². The van der Waals surface area contributed by atoms with Gasteiger partial charge in [-0.3, -0.25) is 0 Å². The van der Waals surface area contributed by atoms with E-state index in [1.165, 1.54) is 0 Å². The predicted molar refractivity (Wildman–Crippen MR) is 120 cm³/mol. The van der Waals surface area contributed by atoms with E-state index < -0.39 is 26.5 Å². The fourth-order valence-corrected chi connectivity index (χ4v) is 5.99. The Morgan fingerprint density at radius 1 is 1.38 bits per heavy atom. The molecule has 0 bridgehead atoms. The number of aliphatic carboxylic acids is 1. The number of carbonyl (C=O) groups is 1. The highest BCUT2D eigenvalue weighted by molar-refractivity contribution is 7.94. The van der Waals surface area contributed by atoms with Crippen LogP contribution >= 0.6 is 0 Å². The summed E-state index contributed by atoms with van der Waals surface area (Å²) in [5, 5.41) is 10.6. The van der Waals surface area contributed by atoms with E-state index in [0.29, 0.717) is 49.0 Å². The third kappa shape index (κ3) is 3.23. The van der Waals surface area contributed by atoms with Gasteiger partial charge in [-0.25, -0.2) is 28.3 Å². The minimum absolute atomic E-state index is 0.0707. The molecule has 0 amide bonds. The molecule has 32 heavy (non-hydrogen) atoms. The zero-order valence-electron chi connectivity index (χ0n) is 17.8. The molecule has 1 saturated carbocycles. The fraction of sp³-hybridized carbons (Fsp3) is 0.429. The van der Waals surface area contributed by atoms with Crippen LogP contribution in [0.2, 0.25) is 0 Å². The van der Waals surface area contributed by atoms with Crippen molar-refractivity contribution in [1.82, 2.24) is 19.9 Å². The summed E-state index contributed by atoms with van der Waals surface area (Å²) < 4.78 is 22.3. The van der Waals surface area contributed by atoms with E-state index in [1.54, 1.807) is 36.7 Å². The summed E-state index contributed by atoms with van der Waals surface area (Å²) in [6, 6.07) is 4.65. The summed E-state index contributed by atoms with van der Waals surface area (Å²) in [6.45, 7) is 0.854. The van der Waals surface area contributed by atoms with Crippen LogP contribution in [0, 0.1) is 0 Å². The fourth-order valence-electron chi connectivity index (χ4n) is 4.29. The molecule has 2 atom stereocenters. The maximum atomic E-state index is 13.3. The molecular formula is C21H24N6O4S. The van der Waals surface area contributed by atoms with Crippen molar-refractivity contribution >= 4 is 32.5 Å². The van der Waals surface area contributed by atoms with Crippen LogP contribution in [0.3, 0.4) is 0 Å². The van der Waals surface area contributed by atoms with Crippen molar-refractivity contribution in [3.8, 4) is 11.4 Å². The SMILES string of the molecule is CN=S(C)(=O)C1(c2cc(N3CCOCC3C(=O)O)nc(-c3ccnc4[nH]ccc34)n2)CC1. The number of hydrogen-bond acceptors (Lipinski definition) is 8. The van der Waals surface area contributed by atoms with Crippen molar-refractivity contribution in [1.29, 1.82) is 0 Å². The minimum Gasteiger partial charge on any atom is -0.480 e. The van der Waals surface area contributed by atoms with Crippen LogP contribution in [0.4, 0.5) is 5.82 Å². The number of nitrogens with one attached hydrogen (secondary N) is 1. The standard InChI is InChI=1S/C21H24N6O4S/c1-22-32(2,30)21(5-6-21)16-11-17(27-9-10-31-12-15(27)20(28)29)26-19(25-16)14-4-8-24-18-13(14)3-7-23-18/h3-4,7-8,11,15H,5-6,9-10,12H2,1-2H3,(H,23,24)(H,28,29). The zero-order chi connectivity index (χ0) is 22.5. The smallest absolute Gasteiger partial charge is 0.328 e. The average Bonchev–Trinajstić information content (AvgIpc) is 3.50. The Morgan fingerprint density at radius 3 is 2.91 bits per heavy atom. The van der Waals surface area contributed by atoms with Gasteiger partial charge in [0.1, 0.15) is 11.5 Å². The Balaban J connectivity index is 1.73. The van der Waals surface area contributed by atoms with E-state index in [-0.39, 0.29) is 6.61 Å². The number of morpholine rings is 1. The van der Waals surface area contributed by atoms with Crippen molar-refractivity contribution < 1.29 is 18.8 Å². The number of nitrogens with zero attached hydrogens (tertiary/aromatic N) is 5. The molecule has 1 aliphatic heterocycles. The second-order valence-electron chi connectivity index (χ2n) is 8.14. The number of carboxylic acid groups (broad SMARTS) is 1. The summed E-state index contributed by atoms with van der Waals surface area (Å²) in [5.41, 5.74) is 2.11. The Kier molecular flexibility index (Phi) is 4.90. The van der Waals surface area contributed by atoms with Crippen molar-refractivity contribution in [3.05, 3.63) is 36.3 Å². The summed E-state index contributed by atoms with van der Waals surface area (Å²) in [7, 11) is -0.971. The number of hydrogen-bond donors (Lipinski definition) is 2. The quantitative estimate of drug-likeness (QED) is 0.596. The molecule has 1 aliphatic carbocycles. The van der Waals surface area contributed by atoms with E-state index in [9.17, 15) is 14.1 Å². The van der Waals surface area contributed by atoms with Crippen LogP contribution in [0.1, 0.15) is 18.5 Å². The summed E-state index contributed by atoms with van der Waals surface area (Å²) in [6.07, 6.45) is 6.54. The number of pyridine rings is 1. The number of aromatic amines is 1. The molecule has 3 aromatic heterocycles. The monoisotopic (exact) mass is 456 g/mol. The van der Waals surface area contributed by atoms with Gasteiger partial charge in [0.15, 0.2) is 11.9 Å². The summed E-state index contributed by atoms with van der Waals surface area (Å²) in [4.78, 5) is 30.7. The Hall–Kier alpha value is -3.05. The van der Waals surface area contributed by atoms with Gasteiger partial charge in [-0.05, 0) is 25.0 Å². The van der Waals surface area contributed by atoms with E-state index >= 15 is 0 Å². The van der Waals surface area contributed by atoms with Gasteiger partial charge in [0.2, 0.25) is 0 Å². The van der Waals surface area contributed by atoms with Crippen molar-refractivity contribution in [2.75, 3.05) is 38.0 Å². The van der Waals surface area contributed by atoms with Gasteiger partial charge in [-0.1, -0.05) is 0 Å². The average molecular weight is 457 g/mol. The minimum atomic E-state index is -2.54. The Bertz CT molecular complexity index is 1320. The molecule has 11 heteroatoms. The van der Waals surface area contributed by atoms with Crippen LogP contribution in [0.5, 0.6) is 0 Å². The number of carboxylic acids is 1. The first-order valence-corrected chi connectivity index (χ1v) is 12.3. The predicted octanol–water partition coefficient (Wildman–Crippen LogP) is 2.03. The third-order valence-corrected chi connectivity index (χ3v) is 9.13. The van der Waals surface area contributed by atoms with Gasteiger partial charge in [-0.2, -0.15) is 0 Å². The lowest BCUT2D eigenvalue weighted by Crippen LogP contribution is -2.50. The maximum absolute atomic E-state index is 13.3. The molecule has 2 N–H and O–H groups in total. The lowest BCUT2D eigenvalue weighted by atomic mass is 10.1. The van der Waals surface area contributed by atoms with E-state index in [4.69, 9.17) is 14.7 Å². The molecule has 4 heterocycles. The summed E-state index contributed by atoms with van der Waals surface area (Å²) >= 11 is 0. The molecule has 5 rings (SSSR count). The molecule has 0 spiro atoms.